The van der Waals surface area contributed by atoms with Gasteiger partial charge in [-0.1, -0.05) is 26.7 Å². The van der Waals surface area contributed by atoms with Gasteiger partial charge in [0.1, 0.15) is 0 Å². The van der Waals surface area contributed by atoms with Gasteiger partial charge in [-0.05, 0) is 12.8 Å². The zero-order chi connectivity index (χ0) is 12.7. The maximum Gasteiger partial charge on any atom is 0.222 e. The fourth-order valence-corrected chi connectivity index (χ4v) is 1.61. The lowest BCUT2D eigenvalue weighted by molar-refractivity contribution is 0.590. The summed E-state index contributed by atoms with van der Waals surface area (Å²) in [6, 6.07) is 0. The Kier molecular flexibility index (Phi) is 5.66. The van der Waals surface area contributed by atoms with E-state index in [1.54, 1.807) is 0 Å². The van der Waals surface area contributed by atoms with Crippen LogP contribution in [-0.4, -0.2) is 23.1 Å². The van der Waals surface area contributed by atoms with E-state index in [0.29, 0.717) is 5.82 Å². The van der Waals surface area contributed by atoms with E-state index in [1.165, 1.54) is 0 Å². The molecular formula is C12H21FN4. The van der Waals surface area contributed by atoms with Crippen LogP contribution in [-0.2, 0) is 0 Å². The van der Waals surface area contributed by atoms with Crippen LogP contribution in [0, 0.1) is 5.82 Å². The molecule has 0 bridgehead atoms. The number of hydrogen-bond donors (Lipinski definition) is 1. The summed E-state index contributed by atoms with van der Waals surface area (Å²) in [7, 11) is 0. The largest absolute Gasteiger partial charge is 0.368 e. The SMILES string of the molecule is CCCCN(CCCC)c1nc(N)ncc1F. The summed E-state index contributed by atoms with van der Waals surface area (Å²) in [6.45, 7) is 5.85. The number of nitrogen functional groups attached to an aromatic ring is 1. The first-order valence-electron chi connectivity index (χ1n) is 6.22. The van der Waals surface area contributed by atoms with Crippen molar-refractivity contribution in [2.45, 2.75) is 39.5 Å². The number of halogens is 1. The zero-order valence-electron chi connectivity index (χ0n) is 10.6. The molecule has 1 aromatic rings. The molecule has 0 spiro atoms. The van der Waals surface area contributed by atoms with Gasteiger partial charge in [-0.25, -0.2) is 9.37 Å². The molecule has 96 valence electrons. The first-order chi connectivity index (χ1) is 8.19. The van der Waals surface area contributed by atoms with Crippen LogP contribution in [0.15, 0.2) is 6.20 Å². The molecule has 0 fully saturated rings. The van der Waals surface area contributed by atoms with E-state index in [-0.39, 0.29) is 5.95 Å². The number of anilines is 2. The molecule has 0 atom stereocenters. The van der Waals surface area contributed by atoms with E-state index >= 15 is 0 Å². The van der Waals surface area contributed by atoms with Crippen molar-refractivity contribution in [3.63, 3.8) is 0 Å². The Balaban J connectivity index is 2.82. The van der Waals surface area contributed by atoms with Gasteiger partial charge in [0, 0.05) is 13.1 Å². The number of rotatable bonds is 7. The van der Waals surface area contributed by atoms with Gasteiger partial charge in [0.15, 0.2) is 11.6 Å². The predicted octanol–water partition coefficient (Wildman–Crippen LogP) is 2.60. The van der Waals surface area contributed by atoms with E-state index in [9.17, 15) is 4.39 Å². The molecule has 0 saturated heterocycles. The van der Waals surface area contributed by atoms with Crippen molar-refractivity contribution in [2.24, 2.45) is 0 Å². The minimum absolute atomic E-state index is 0.124. The Hall–Kier alpha value is -1.39. The molecule has 0 aromatic carbocycles. The quantitative estimate of drug-likeness (QED) is 0.796. The van der Waals surface area contributed by atoms with E-state index in [2.05, 4.69) is 23.8 Å². The van der Waals surface area contributed by atoms with Crippen molar-refractivity contribution in [3.8, 4) is 0 Å². The first-order valence-corrected chi connectivity index (χ1v) is 6.22. The van der Waals surface area contributed by atoms with Gasteiger partial charge in [0.05, 0.1) is 6.20 Å². The highest BCUT2D eigenvalue weighted by atomic mass is 19.1. The van der Waals surface area contributed by atoms with Crippen LogP contribution < -0.4 is 10.6 Å². The van der Waals surface area contributed by atoms with Gasteiger partial charge in [0.2, 0.25) is 5.95 Å². The average molecular weight is 240 g/mol. The molecule has 2 N–H and O–H groups in total. The van der Waals surface area contributed by atoms with Crippen molar-refractivity contribution >= 4 is 11.8 Å². The summed E-state index contributed by atoms with van der Waals surface area (Å²) >= 11 is 0. The maximum atomic E-state index is 13.7. The third-order valence-corrected chi connectivity index (χ3v) is 2.61. The Morgan fingerprint density at radius 3 is 2.35 bits per heavy atom. The summed E-state index contributed by atoms with van der Waals surface area (Å²) in [4.78, 5) is 9.60. The fraction of sp³-hybridized carbons (Fsp3) is 0.667. The van der Waals surface area contributed by atoms with Crippen LogP contribution >= 0.6 is 0 Å². The van der Waals surface area contributed by atoms with Crippen molar-refractivity contribution in [3.05, 3.63) is 12.0 Å². The van der Waals surface area contributed by atoms with Crippen molar-refractivity contribution in [1.29, 1.82) is 0 Å². The predicted molar refractivity (Wildman–Crippen MR) is 68.4 cm³/mol. The molecule has 17 heavy (non-hydrogen) atoms. The second-order valence-corrected chi connectivity index (χ2v) is 4.09. The normalized spacial score (nSPS) is 10.5. The van der Waals surface area contributed by atoms with E-state index in [4.69, 9.17) is 5.73 Å². The lowest BCUT2D eigenvalue weighted by Crippen LogP contribution is -2.28. The van der Waals surface area contributed by atoms with Crippen LogP contribution in [0.5, 0.6) is 0 Å². The van der Waals surface area contributed by atoms with Crippen LogP contribution in [0.2, 0.25) is 0 Å². The molecular weight excluding hydrogens is 219 g/mol. The standard InChI is InChI=1S/C12H21FN4/c1-3-5-7-17(8-6-4-2)11-10(13)9-15-12(14)16-11/h9H,3-8H2,1-2H3,(H2,14,15,16). The van der Waals surface area contributed by atoms with E-state index in [0.717, 1.165) is 45.0 Å². The lowest BCUT2D eigenvalue weighted by Gasteiger charge is -2.23. The smallest absolute Gasteiger partial charge is 0.222 e. The minimum Gasteiger partial charge on any atom is -0.368 e. The molecule has 5 heteroatoms. The molecule has 0 aliphatic rings. The van der Waals surface area contributed by atoms with Gasteiger partial charge in [0.25, 0.3) is 0 Å². The molecule has 0 saturated carbocycles. The van der Waals surface area contributed by atoms with Gasteiger partial charge >= 0.3 is 0 Å². The first kappa shape index (κ1) is 13.7. The molecule has 4 nitrogen and oxygen atoms in total. The van der Waals surface area contributed by atoms with E-state index in [1.807, 2.05) is 4.90 Å². The molecule has 0 aliphatic carbocycles. The Labute approximate surface area is 102 Å². The number of hydrogen-bond acceptors (Lipinski definition) is 4. The van der Waals surface area contributed by atoms with E-state index < -0.39 is 5.82 Å². The van der Waals surface area contributed by atoms with Crippen molar-refractivity contribution in [1.82, 2.24) is 9.97 Å². The molecule has 0 unspecified atom stereocenters. The van der Waals surface area contributed by atoms with Crippen LogP contribution in [0.1, 0.15) is 39.5 Å². The van der Waals surface area contributed by atoms with Gasteiger partial charge < -0.3 is 10.6 Å². The van der Waals surface area contributed by atoms with Crippen molar-refractivity contribution < 1.29 is 4.39 Å². The molecule has 1 aromatic heterocycles. The number of unbranched alkanes of at least 4 members (excludes halogenated alkanes) is 2. The Bertz CT molecular complexity index is 335. The average Bonchev–Trinajstić information content (AvgIpc) is 2.33. The molecule has 0 radical (unpaired) electrons. The van der Waals surface area contributed by atoms with Crippen LogP contribution in [0.4, 0.5) is 16.2 Å². The number of aromatic nitrogens is 2. The summed E-state index contributed by atoms with van der Waals surface area (Å²) in [5, 5.41) is 0. The lowest BCUT2D eigenvalue weighted by atomic mass is 10.2. The second kappa shape index (κ2) is 7.04. The molecule has 0 aliphatic heterocycles. The third-order valence-electron chi connectivity index (χ3n) is 2.61. The molecule has 1 heterocycles. The highest BCUT2D eigenvalue weighted by Gasteiger charge is 2.13. The summed E-state index contributed by atoms with van der Waals surface area (Å²) < 4.78 is 13.7. The van der Waals surface area contributed by atoms with Crippen LogP contribution in [0.25, 0.3) is 0 Å². The summed E-state index contributed by atoms with van der Waals surface area (Å²) in [5.41, 5.74) is 5.51. The monoisotopic (exact) mass is 240 g/mol. The van der Waals surface area contributed by atoms with Crippen molar-refractivity contribution in [2.75, 3.05) is 23.7 Å². The number of nitrogens with zero attached hydrogens (tertiary/aromatic N) is 3. The Morgan fingerprint density at radius 2 is 1.82 bits per heavy atom. The highest BCUT2D eigenvalue weighted by molar-refractivity contribution is 5.42. The minimum atomic E-state index is -0.397. The summed E-state index contributed by atoms with van der Waals surface area (Å²) in [6.07, 6.45) is 5.33. The molecule has 1 rings (SSSR count). The second-order valence-electron chi connectivity index (χ2n) is 4.09. The summed E-state index contributed by atoms with van der Waals surface area (Å²) in [5.74, 6) is 0.0604. The van der Waals surface area contributed by atoms with Gasteiger partial charge in [-0.2, -0.15) is 4.98 Å². The number of nitrogens with two attached hydrogens (primary N) is 1. The molecule has 0 amide bonds. The zero-order valence-corrected chi connectivity index (χ0v) is 10.6. The van der Waals surface area contributed by atoms with Gasteiger partial charge in [-0.15, -0.1) is 0 Å². The topological polar surface area (TPSA) is 55.0 Å². The third kappa shape index (κ3) is 4.17. The highest BCUT2D eigenvalue weighted by Crippen LogP contribution is 2.17. The Morgan fingerprint density at radius 1 is 1.24 bits per heavy atom. The van der Waals surface area contributed by atoms with Crippen LogP contribution in [0.3, 0.4) is 0 Å². The fourth-order valence-electron chi connectivity index (χ4n) is 1.61. The van der Waals surface area contributed by atoms with Gasteiger partial charge in [-0.3, -0.25) is 0 Å². The maximum absolute atomic E-state index is 13.7.